The standard InChI is InChI=1S/C12H24N2O/c1-14-7-3-4-11(9-14)13-10-5-6-12(8-10)15-2/h10-13H,3-9H2,1-2H3. The van der Waals surface area contributed by atoms with Gasteiger partial charge in [-0.15, -0.1) is 0 Å². The lowest BCUT2D eigenvalue weighted by Gasteiger charge is -2.32. The molecular formula is C12H24N2O. The monoisotopic (exact) mass is 212 g/mol. The number of ether oxygens (including phenoxy) is 1. The van der Waals surface area contributed by atoms with Gasteiger partial charge in [0.2, 0.25) is 0 Å². The number of piperidine rings is 1. The molecule has 1 aliphatic carbocycles. The average Bonchev–Trinajstić information content (AvgIpc) is 2.65. The quantitative estimate of drug-likeness (QED) is 0.762. The van der Waals surface area contributed by atoms with Crippen LogP contribution in [0.4, 0.5) is 0 Å². The number of likely N-dealkylation sites (N-methyl/N-ethyl adjacent to an activating group) is 1. The first-order valence-electron chi connectivity index (χ1n) is 6.25. The molecule has 0 aromatic heterocycles. The summed E-state index contributed by atoms with van der Waals surface area (Å²) in [5.74, 6) is 0. The Labute approximate surface area is 93.2 Å². The van der Waals surface area contributed by atoms with Crippen LogP contribution in [0, 0.1) is 0 Å². The molecule has 3 heteroatoms. The fourth-order valence-electron chi connectivity index (χ4n) is 2.94. The van der Waals surface area contributed by atoms with Crippen LogP contribution in [0.25, 0.3) is 0 Å². The molecule has 0 amide bonds. The Hall–Kier alpha value is -0.120. The first-order valence-corrected chi connectivity index (χ1v) is 6.25. The summed E-state index contributed by atoms with van der Waals surface area (Å²) in [6.45, 7) is 2.48. The summed E-state index contributed by atoms with van der Waals surface area (Å²) in [6, 6.07) is 1.41. The fourth-order valence-corrected chi connectivity index (χ4v) is 2.94. The maximum absolute atomic E-state index is 5.40. The summed E-state index contributed by atoms with van der Waals surface area (Å²) in [6.07, 6.45) is 6.92. The average molecular weight is 212 g/mol. The molecule has 3 atom stereocenters. The lowest BCUT2D eigenvalue weighted by molar-refractivity contribution is 0.105. The zero-order valence-corrected chi connectivity index (χ0v) is 10.0. The van der Waals surface area contributed by atoms with E-state index in [-0.39, 0.29) is 0 Å². The van der Waals surface area contributed by atoms with Gasteiger partial charge in [0.05, 0.1) is 6.10 Å². The van der Waals surface area contributed by atoms with Crippen LogP contribution >= 0.6 is 0 Å². The van der Waals surface area contributed by atoms with Crippen molar-refractivity contribution >= 4 is 0 Å². The molecule has 0 bridgehead atoms. The van der Waals surface area contributed by atoms with Gasteiger partial charge in [-0.3, -0.25) is 0 Å². The second kappa shape index (κ2) is 5.28. The van der Waals surface area contributed by atoms with E-state index in [1.54, 1.807) is 0 Å². The Balaban J connectivity index is 1.72. The van der Waals surface area contributed by atoms with Crippen molar-refractivity contribution in [3.63, 3.8) is 0 Å². The largest absolute Gasteiger partial charge is 0.381 e. The number of methoxy groups -OCH3 is 1. The van der Waals surface area contributed by atoms with Crippen molar-refractivity contribution < 1.29 is 4.74 Å². The lowest BCUT2D eigenvalue weighted by Crippen LogP contribution is -2.47. The van der Waals surface area contributed by atoms with Gasteiger partial charge in [-0.05, 0) is 45.7 Å². The maximum atomic E-state index is 5.40. The number of nitrogens with zero attached hydrogens (tertiary/aromatic N) is 1. The lowest BCUT2D eigenvalue weighted by atomic mass is 10.0. The second-order valence-electron chi connectivity index (χ2n) is 5.14. The molecule has 1 saturated carbocycles. The molecular weight excluding hydrogens is 188 g/mol. The molecule has 3 nitrogen and oxygen atoms in total. The first kappa shape index (κ1) is 11.4. The van der Waals surface area contributed by atoms with Gasteiger partial charge < -0.3 is 15.0 Å². The van der Waals surface area contributed by atoms with Crippen LogP contribution in [0.2, 0.25) is 0 Å². The predicted octanol–water partition coefficient (Wildman–Crippen LogP) is 1.24. The molecule has 0 spiro atoms. The van der Waals surface area contributed by atoms with Crippen molar-refractivity contribution in [3.05, 3.63) is 0 Å². The molecule has 1 heterocycles. The van der Waals surface area contributed by atoms with E-state index < -0.39 is 0 Å². The van der Waals surface area contributed by atoms with Crippen molar-refractivity contribution in [1.82, 2.24) is 10.2 Å². The fraction of sp³-hybridized carbons (Fsp3) is 1.00. The van der Waals surface area contributed by atoms with Crippen LogP contribution in [-0.4, -0.2) is 50.3 Å². The van der Waals surface area contributed by atoms with Gasteiger partial charge in [0.15, 0.2) is 0 Å². The topological polar surface area (TPSA) is 24.5 Å². The number of hydrogen-bond acceptors (Lipinski definition) is 3. The van der Waals surface area contributed by atoms with Gasteiger partial charge >= 0.3 is 0 Å². The Morgan fingerprint density at radius 3 is 2.73 bits per heavy atom. The molecule has 3 unspecified atom stereocenters. The minimum atomic E-state index is 0.504. The van der Waals surface area contributed by atoms with Crippen LogP contribution in [0.3, 0.4) is 0 Å². The summed E-state index contributed by atoms with van der Waals surface area (Å²) >= 11 is 0. The van der Waals surface area contributed by atoms with Gasteiger partial charge in [-0.25, -0.2) is 0 Å². The van der Waals surface area contributed by atoms with Gasteiger partial charge in [-0.1, -0.05) is 0 Å². The van der Waals surface area contributed by atoms with E-state index >= 15 is 0 Å². The molecule has 15 heavy (non-hydrogen) atoms. The van der Waals surface area contributed by atoms with Crippen LogP contribution in [-0.2, 0) is 4.74 Å². The van der Waals surface area contributed by atoms with Gasteiger partial charge in [-0.2, -0.15) is 0 Å². The van der Waals surface area contributed by atoms with Crippen LogP contribution in [0.5, 0.6) is 0 Å². The summed E-state index contributed by atoms with van der Waals surface area (Å²) in [4.78, 5) is 2.43. The van der Waals surface area contributed by atoms with E-state index in [9.17, 15) is 0 Å². The van der Waals surface area contributed by atoms with Crippen molar-refractivity contribution in [2.24, 2.45) is 0 Å². The summed E-state index contributed by atoms with van der Waals surface area (Å²) in [5, 5.41) is 3.79. The minimum Gasteiger partial charge on any atom is -0.381 e. The molecule has 2 fully saturated rings. The molecule has 1 N–H and O–H groups in total. The first-order chi connectivity index (χ1) is 7.28. The van der Waals surface area contributed by atoms with E-state index in [2.05, 4.69) is 17.3 Å². The van der Waals surface area contributed by atoms with Crippen molar-refractivity contribution in [2.45, 2.75) is 50.3 Å². The molecule has 88 valence electrons. The number of nitrogens with one attached hydrogen (secondary N) is 1. The predicted molar refractivity (Wildman–Crippen MR) is 62.1 cm³/mol. The van der Waals surface area contributed by atoms with Crippen LogP contribution in [0.15, 0.2) is 0 Å². The molecule has 0 aromatic carbocycles. The third-order valence-corrected chi connectivity index (χ3v) is 3.81. The zero-order valence-electron chi connectivity index (χ0n) is 10.0. The van der Waals surface area contributed by atoms with E-state index in [1.807, 2.05) is 7.11 Å². The van der Waals surface area contributed by atoms with Crippen LogP contribution < -0.4 is 5.32 Å². The molecule has 1 aliphatic heterocycles. The van der Waals surface area contributed by atoms with E-state index in [4.69, 9.17) is 4.74 Å². The maximum Gasteiger partial charge on any atom is 0.0586 e. The summed E-state index contributed by atoms with van der Waals surface area (Å²) in [5.41, 5.74) is 0. The zero-order chi connectivity index (χ0) is 10.7. The second-order valence-corrected chi connectivity index (χ2v) is 5.14. The molecule has 0 aromatic rings. The number of hydrogen-bond donors (Lipinski definition) is 1. The molecule has 2 rings (SSSR count). The van der Waals surface area contributed by atoms with E-state index in [0.29, 0.717) is 18.2 Å². The summed E-state index contributed by atoms with van der Waals surface area (Å²) < 4.78 is 5.40. The third kappa shape index (κ3) is 3.16. The number of likely N-dealkylation sites (tertiary alicyclic amines) is 1. The highest BCUT2D eigenvalue weighted by atomic mass is 16.5. The van der Waals surface area contributed by atoms with Gasteiger partial charge in [0, 0.05) is 25.7 Å². The van der Waals surface area contributed by atoms with Crippen LogP contribution in [0.1, 0.15) is 32.1 Å². The molecule has 0 radical (unpaired) electrons. The van der Waals surface area contributed by atoms with Gasteiger partial charge in [0.1, 0.15) is 0 Å². The highest BCUT2D eigenvalue weighted by Gasteiger charge is 2.27. The number of rotatable bonds is 3. The Morgan fingerprint density at radius 1 is 1.20 bits per heavy atom. The smallest absolute Gasteiger partial charge is 0.0586 e. The highest BCUT2D eigenvalue weighted by molar-refractivity contribution is 4.86. The Bertz CT molecular complexity index is 198. The van der Waals surface area contributed by atoms with Crippen molar-refractivity contribution in [3.8, 4) is 0 Å². The molecule has 2 aliphatic rings. The van der Waals surface area contributed by atoms with Crippen molar-refractivity contribution in [1.29, 1.82) is 0 Å². The normalized spacial score (nSPS) is 38.4. The Kier molecular flexibility index (Phi) is 4.00. The van der Waals surface area contributed by atoms with E-state index in [0.717, 1.165) is 0 Å². The SMILES string of the molecule is COC1CCC(NC2CCCN(C)C2)C1. The highest BCUT2D eigenvalue weighted by Crippen LogP contribution is 2.22. The summed E-state index contributed by atoms with van der Waals surface area (Å²) in [7, 11) is 4.06. The third-order valence-electron chi connectivity index (χ3n) is 3.81. The Morgan fingerprint density at radius 2 is 2.07 bits per heavy atom. The minimum absolute atomic E-state index is 0.504. The van der Waals surface area contributed by atoms with Crippen molar-refractivity contribution in [2.75, 3.05) is 27.2 Å². The van der Waals surface area contributed by atoms with E-state index in [1.165, 1.54) is 45.2 Å². The van der Waals surface area contributed by atoms with Gasteiger partial charge in [0.25, 0.3) is 0 Å². The molecule has 1 saturated heterocycles.